The molecule has 1 unspecified atom stereocenters. The summed E-state index contributed by atoms with van der Waals surface area (Å²) in [7, 11) is 0. The van der Waals surface area contributed by atoms with Gasteiger partial charge < -0.3 is 10.2 Å². The molecule has 1 aromatic carbocycles. The van der Waals surface area contributed by atoms with Crippen molar-refractivity contribution in [1.82, 2.24) is 15.1 Å². The van der Waals surface area contributed by atoms with Gasteiger partial charge in [0.15, 0.2) is 0 Å². The van der Waals surface area contributed by atoms with Gasteiger partial charge in [0.2, 0.25) is 0 Å². The molecule has 0 bridgehead atoms. The Hall–Kier alpha value is -1.82. The van der Waals surface area contributed by atoms with Gasteiger partial charge in [-0.05, 0) is 38.0 Å². The highest BCUT2D eigenvalue weighted by Gasteiger charge is 2.33. The number of carbonyl (C=O) groups is 1. The Morgan fingerprint density at radius 2 is 2.16 bits per heavy atom. The molecule has 2 amide bonds. The standard InChI is InChI=1S/C19H23BrN4O/c1-12-9-17-16(18(23-22-17)13-5-2-3-6-13)11-24(12)19(25)21-15-8-4-7-14(20)10-15/h4,7-8,10,12-13H,2-3,5-6,9,11H2,1H3,(H,21,25)(H,22,23). The first-order valence-corrected chi connectivity index (χ1v) is 9.80. The maximum atomic E-state index is 12.8. The summed E-state index contributed by atoms with van der Waals surface area (Å²) >= 11 is 3.45. The van der Waals surface area contributed by atoms with Crippen LogP contribution in [-0.2, 0) is 13.0 Å². The predicted molar refractivity (Wildman–Crippen MR) is 102 cm³/mol. The van der Waals surface area contributed by atoms with Gasteiger partial charge in [-0.15, -0.1) is 0 Å². The van der Waals surface area contributed by atoms with Gasteiger partial charge in [0, 0.05) is 39.8 Å². The molecule has 2 heterocycles. The number of halogens is 1. The van der Waals surface area contributed by atoms with Gasteiger partial charge in [0.1, 0.15) is 0 Å². The Morgan fingerprint density at radius 3 is 2.92 bits per heavy atom. The zero-order valence-electron chi connectivity index (χ0n) is 14.4. The smallest absolute Gasteiger partial charge is 0.317 e. The molecule has 2 aliphatic rings. The summed E-state index contributed by atoms with van der Waals surface area (Å²) in [6.07, 6.45) is 5.85. The van der Waals surface area contributed by atoms with Crippen LogP contribution in [-0.4, -0.2) is 27.2 Å². The lowest BCUT2D eigenvalue weighted by Crippen LogP contribution is -2.44. The number of aromatic amines is 1. The molecule has 0 radical (unpaired) electrons. The maximum Gasteiger partial charge on any atom is 0.322 e. The van der Waals surface area contributed by atoms with E-state index in [9.17, 15) is 4.79 Å². The van der Waals surface area contributed by atoms with E-state index in [1.807, 2.05) is 29.2 Å². The molecule has 2 N–H and O–H groups in total. The quantitative estimate of drug-likeness (QED) is 0.756. The van der Waals surface area contributed by atoms with Crippen LogP contribution in [0.15, 0.2) is 28.7 Å². The van der Waals surface area contributed by atoms with Crippen molar-refractivity contribution >= 4 is 27.6 Å². The van der Waals surface area contributed by atoms with Gasteiger partial charge in [-0.1, -0.05) is 34.8 Å². The summed E-state index contributed by atoms with van der Waals surface area (Å²) in [4.78, 5) is 14.8. The summed E-state index contributed by atoms with van der Waals surface area (Å²) in [5.74, 6) is 0.559. The molecule has 6 heteroatoms. The largest absolute Gasteiger partial charge is 0.322 e. The average molecular weight is 403 g/mol. The topological polar surface area (TPSA) is 61.0 Å². The first-order valence-electron chi connectivity index (χ1n) is 9.01. The van der Waals surface area contributed by atoms with Gasteiger partial charge in [0.25, 0.3) is 0 Å². The van der Waals surface area contributed by atoms with E-state index in [4.69, 9.17) is 0 Å². The fraction of sp³-hybridized carbons (Fsp3) is 0.474. The van der Waals surface area contributed by atoms with E-state index in [0.29, 0.717) is 12.5 Å². The molecule has 4 rings (SSSR count). The Bertz CT molecular complexity index is 781. The molecular formula is C19H23BrN4O. The van der Waals surface area contributed by atoms with Crippen molar-refractivity contribution < 1.29 is 4.79 Å². The van der Waals surface area contributed by atoms with Crippen molar-refractivity contribution in [2.45, 2.75) is 57.5 Å². The highest BCUT2D eigenvalue weighted by Crippen LogP contribution is 2.37. The summed E-state index contributed by atoms with van der Waals surface area (Å²) in [5, 5.41) is 10.9. The van der Waals surface area contributed by atoms with Crippen LogP contribution in [0, 0.1) is 0 Å². The van der Waals surface area contributed by atoms with E-state index in [2.05, 4.69) is 38.4 Å². The maximum absolute atomic E-state index is 12.8. The third-order valence-electron chi connectivity index (χ3n) is 5.42. The Morgan fingerprint density at radius 1 is 1.36 bits per heavy atom. The van der Waals surface area contributed by atoms with Crippen molar-refractivity contribution in [2.75, 3.05) is 5.32 Å². The molecule has 1 aliphatic heterocycles. The minimum atomic E-state index is -0.0465. The second kappa shape index (κ2) is 6.83. The predicted octanol–water partition coefficient (Wildman–Crippen LogP) is 4.81. The highest BCUT2D eigenvalue weighted by molar-refractivity contribution is 9.10. The molecule has 0 saturated heterocycles. The molecule has 132 valence electrons. The zero-order chi connectivity index (χ0) is 17.4. The zero-order valence-corrected chi connectivity index (χ0v) is 16.0. The summed E-state index contributed by atoms with van der Waals surface area (Å²) < 4.78 is 0.956. The molecule has 25 heavy (non-hydrogen) atoms. The lowest BCUT2D eigenvalue weighted by atomic mass is 9.94. The number of fused-ring (bicyclic) bond motifs is 1. The number of hydrogen-bond donors (Lipinski definition) is 2. The number of nitrogens with zero attached hydrogens (tertiary/aromatic N) is 2. The Kier molecular flexibility index (Phi) is 4.54. The second-order valence-electron chi connectivity index (χ2n) is 7.17. The third-order valence-corrected chi connectivity index (χ3v) is 5.92. The van der Waals surface area contributed by atoms with E-state index in [0.717, 1.165) is 16.6 Å². The molecular weight excluding hydrogens is 380 g/mol. The van der Waals surface area contributed by atoms with Crippen LogP contribution < -0.4 is 5.32 Å². The monoisotopic (exact) mass is 402 g/mol. The summed E-state index contributed by atoms with van der Waals surface area (Å²) in [6, 6.07) is 7.80. The Labute approximate surface area is 156 Å². The number of aromatic nitrogens is 2. The third kappa shape index (κ3) is 3.32. The Balaban J connectivity index is 1.53. The summed E-state index contributed by atoms with van der Waals surface area (Å²) in [5.41, 5.74) is 4.45. The number of urea groups is 1. The van der Waals surface area contributed by atoms with Crippen molar-refractivity contribution in [2.24, 2.45) is 0 Å². The molecule has 2 aromatic rings. The number of rotatable bonds is 2. The van der Waals surface area contributed by atoms with E-state index < -0.39 is 0 Å². The summed E-state index contributed by atoms with van der Waals surface area (Å²) in [6.45, 7) is 2.73. The van der Waals surface area contributed by atoms with Gasteiger partial charge in [-0.3, -0.25) is 5.10 Å². The molecule has 1 saturated carbocycles. The van der Waals surface area contributed by atoms with E-state index in [1.54, 1.807) is 0 Å². The number of hydrogen-bond acceptors (Lipinski definition) is 2. The fourth-order valence-corrected chi connectivity index (χ4v) is 4.46. The number of amides is 2. The SMILES string of the molecule is CC1Cc2[nH]nc(C3CCCC3)c2CN1C(=O)Nc1cccc(Br)c1. The minimum absolute atomic E-state index is 0.0465. The van der Waals surface area contributed by atoms with Gasteiger partial charge in [-0.25, -0.2) is 4.79 Å². The van der Waals surface area contributed by atoms with Crippen molar-refractivity contribution in [1.29, 1.82) is 0 Å². The first-order chi connectivity index (χ1) is 12.1. The van der Waals surface area contributed by atoms with Gasteiger partial charge in [0.05, 0.1) is 12.2 Å². The number of anilines is 1. The number of H-pyrrole nitrogens is 1. The van der Waals surface area contributed by atoms with Crippen LogP contribution in [0.3, 0.4) is 0 Å². The average Bonchev–Trinajstić information content (AvgIpc) is 3.22. The highest BCUT2D eigenvalue weighted by atomic mass is 79.9. The van der Waals surface area contributed by atoms with Crippen molar-refractivity contribution in [3.05, 3.63) is 45.7 Å². The molecule has 1 aliphatic carbocycles. The van der Waals surface area contributed by atoms with E-state index in [-0.39, 0.29) is 12.1 Å². The first kappa shape index (κ1) is 16.6. The molecule has 5 nitrogen and oxygen atoms in total. The second-order valence-corrected chi connectivity index (χ2v) is 8.08. The van der Waals surface area contributed by atoms with Gasteiger partial charge in [-0.2, -0.15) is 5.10 Å². The molecule has 1 aromatic heterocycles. The van der Waals surface area contributed by atoms with Gasteiger partial charge >= 0.3 is 6.03 Å². The number of nitrogens with one attached hydrogen (secondary N) is 2. The number of benzene rings is 1. The van der Waals surface area contributed by atoms with Crippen LogP contribution in [0.25, 0.3) is 0 Å². The van der Waals surface area contributed by atoms with Crippen molar-refractivity contribution in [3.63, 3.8) is 0 Å². The minimum Gasteiger partial charge on any atom is -0.317 e. The fourth-order valence-electron chi connectivity index (χ4n) is 4.06. The van der Waals surface area contributed by atoms with E-state index >= 15 is 0 Å². The van der Waals surface area contributed by atoms with Crippen LogP contribution in [0.2, 0.25) is 0 Å². The van der Waals surface area contributed by atoms with Crippen molar-refractivity contribution in [3.8, 4) is 0 Å². The number of carbonyl (C=O) groups excluding carboxylic acids is 1. The molecule has 1 atom stereocenters. The van der Waals surface area contributed by atoms with Crippen LogP contribution >= 0.6 is 15.9 Å². The van der Waals surface area contributed by atoms with Crippen LogP contribution in [0.1, 0.15) is 55.5 Å². The lowest BCUT2D eigenvalue weighted by Gasteiger charge is -2.33. The van der Waals surface area contributed by atoms with Crippen LogP contribution in [0.5, 0.6) is 0 Å². The van der Waals surface area contributed by atoms with E-state index in [1.165, 1.54) is 42.6 Å². The molecule has 0 spiro atoms. The normalized spacial score (nSPS) is 20.6. The lowest BCUT2D eigenvalue weighted by molar-refractivity contribution is 0.181. The van der Waals surface area contributed by atoms with Crippen LogP contribution in [0.4, 0.5) is 10.5 Å². The molecule has 1 fully saturated rings.